The Bertz CT molecular complexity index is 497. The highest BCUT2D eigenvalue weighted by Crippen LogP contribution is 2.30. The van der Waals surface area contributed by atoms with Crippen molar-refractivity contribution in [1.29, 1.82) is 0 Å². The number of para-hydroxylation sites is 1. The summed E-state index contributed by atoms with van der Waals surface area (Å²) in [6, 6.07) is 5.86. The average Bonchev–Trinajstić information content (AvgIpc) is 2.30. The number of hydrogen-bond donors (Lipinski definition) is 0. The maximum Gasteiger partial charge on any atom is 0.162 e. The fraction of sp³-hybridized carbons (Fsp3) is 0.167. The van der Waals surface area contributed by atoms with E-state index < -0.39 is 0 Å². The summed E-state index contributed by atoms with van der Waals surface area (Å²) in [5.74, 6) is 1.41. The monoisotopic (exact) mass is 234 g/mol. The molecule has 0 aliphatic rings. The molecular weight excluding hydrogens is 224 g/mol. The van der Waals surface area contributed by atoms with Crippen LogP contribution in [0.4, 0.5) is 0 Å². The van der Waals surface area contributed by atoms with Gasteiger partial charge in [-0.3, -0.25) is 0 Å². The summed E-state index contributed by atoms with van der Waals surface area (Å²) in [4.78, 5) is 8.35. The van der Waals surface area contributed by atoms with Crippen LogP contribution in [-0.2, 0) is 0 Å². The predicted octanol–water partition coefficient (Wildman–Crippen LogP) is 3.11. The van der Waals surface area contributed by atoms with E-state index in [1.54, 1.807) is 19.5 Å². The van der Waals surface area contributed by atoms with Crippen molar-refractivity contribution in [3.63, 3.8) is 0 Å². The van der Waals surface area contributed by atoms with E-state index in [1.165, 1.54) is 0 Å². The average molecular weight is 235 g/mol. The van der Waals surface area contributed by atoms with Crippen LogP contribution in [0.5, 0.6) is 5.75 Å². The molecule has 0 bridgehead atoms. The summed E-state index contributed by atoms with van der Waals surface area (Å²) in [6.07, 6.45) is 3.15. The Kier molecular flexibility index (Phi) is 3.06. The molecule has 0 atom stereocenters. The zero-order valence-corrected chi connectivity index (χ0v) is 9.82. The molecule has 4 heteroatoms. The molecule has 0 saturated carbocycles. The van der Waals surface area contributed by atoms with Gasteiger partial charge in [0.15, 0.2) is 5.82 Å². The molecule has 0 unspecified atom stereocenters. The second-order valence-corrected chi connectivity index (χ2v) is 3.82. The lowest BCUT2D eigenvalue weighted by Crippen LogP contribution is -1.94. The number of nitrogens with zero attached hydrogens (tertiary/aromatic N) is 2. The fourth-order valence-electron chi connectivity index (χ4n) is 1.55. The molecule has 0 aliphatic carbocycles. The van der Waals surface area contributed by atoms with E-state index in [0.29, 0.717) is 10.8 Å². The molecule has 0 amide bonds. The van der Waals surface area contributed by atoms with Crippen molar-refractivity contribution in [2.45, 2.75) is 6.92 Å². The van der Waals surface area contributed by atoms with Crippen molar-refractivity contribution < 1.29 is 4.74 Å². The first kappa shape index (κ1) is 10.9. The summed E-state index contributed by atoms with van der Waals surface area (Å²) in [6.45, 7) is 1.98. The zero-order chi connectivity index (χ0) is 11.5. The highest BCUT2D eigenvalue weighted by molar-refractivity contribution is 6.30. The van der Waals surface area contributed by atoms with Gasteiger partial charge in [-0.05, 0) is 18.6 Å². The Morgan fingerprint density at radius 2 is 1.88 bits per heavy atom. The van der Waals surface area contributed by atoms with Crippen LogP contribution in [0.25, 0.3) is 11.4 Å². The van der Waals surface area contributed by atoms with Crippen LogP contribution in [0.3, 0.4) is 0 Å². The van der Waals surface area contributed by atoms with E-state index in [2.05, 4.69) is 9.97 Å². The van der Waals surface area contributed by atoms with Crippen LogP contribution in [0.2, 0.25) is 5.02 Å². The number of halogens is 1. The molecule has 16 heavy (non-hydrogen) atoms. The van der Waals surface area contributed by atoms with Gasteiger partial charge in [0, 0.05) is 12.4 Å². The van der Waals surface area contributed by atoms with Gasteiger partial charge in [-0.25, -0.2) is 9.97 Å². The molecule has 1 aromatic carbocycles. The Morgan fingerprint density at radius 3 is 2.50 bits per heavy atom. The highest BCUT2D eigenvalue weighted by Gasteiger charge is 2.09. The molecule has 0 aliphatic heterocycles. The molecule has 0 N–H and O–H groups in total. The summed E-state index contributed by atoms with van der Waals surface area (Å²) in [5.41, 5.74) is 1.93. The van der Waals surface area contributed by atoms with E-state index in [0.717, 1.165) is 16.9 Å². The van der Waals surface area contributed by atoms with Gasteiger partial charge in [0.1, 0.15) is 5.75 Å². The van der Waals surface area contributed by atoms with Crippen molar-refractivity contribution >= 4 is 11.6 Å². The smallest absolute Gasteiger partial charge is 0.162 e. The number of rotatable bonds is 2. The Morgan fingerprint density at radius 1 is 1.19 bits per heavy atom. The normalized spacial score (nSPS) is 10.2. The molecule has 0 fully saturated rings. The number of ether oxygens (including phenoxy) is 1. The second kappa shape index (κ2) is 4.49. The number of aryl methyl sites for hydroxylation is 1. The van der Waals surface area contributed by atoms with Crippen LogP contribution >= 0.6 is 11.6 Å². The first-order valence-electron chi connectivity index (χ1n) is 4.84. The van der Waals surface area contributed by atoms with Crippen LogP contribution < -0.4 is 4.74 Å². The van der Waals surface area contributed by atoms with Gasteiger partial charge in [-0.15, -0.1) is 0 Å². The zero-order valence-electron chi connectivity index (χ0n) is 9.07. The SMILES string of the molecule is COc1c(C)cccc1-c1ncc(Cl)cn1. The minimum atomic E-state index is 0.523. The van der Waals surface area contributed by atoms with Crippen LogP contribution in [0, 0.1) is 6.92 Å². The molecule has 1 heterocycles. The van der Waals surface area contributed by atoms with E-state index >= 15 is 0 Å². The maximum atomic E-state index is 5.75. The summed E-state index contributed by atoms with van der Waals surface area (Å²) >= 11 is 5.75. The molecule has 0 spiro atoms. The molecule has 0 radical (unpaired) electrons. The van der Waals surface area contributed by atoms with Gasteiger partial charge in [-0.1, -0.05) is 23.7 Å². The summed E-state index contributed by atoms with van der Waals surface area (Å²) in [7, 11) is 1.64. The standard InChI is InChI=1S/C12H11ClN2O/c1-8-4-3-5-10(11(8)16-2)12-14-6-9(13)7-15-12/h3-7H,1-2H3. The minimum absolute atomic E-state index is 0.523. The first-order valence-corrected chi connectivity index (χ1v) is 5.21. The summed E-state index contributed by atoms with van der Waals surface area (Å²) in [5, 5.41) is 0.523. The molecule has 82 valence electrons. The lowest BCUT2D eigenvalue weighted by molar-refractivity contribution is 0.413. The van der Waals surface area contributed by atoms with Gasteiger partial charge in [0.25, 0.3) is 0 Å². The Labute approximate surface area is 99.1 Å². The van der Waals surface area contributed by atoms with Gasteiger partial charge in [0.2, 0.25) is 0 Å². The van der Waals surface area contributed by atoms with Crippen molar-refractivity contribution in [3.05, 3.63) is 41.2 Å². The number of hydrogen-bond acceptors (Lipinski definition) is 3. The van der Waals surface area contributed by atoms with Gasteiger partial charge >= 0.3 is 0 Å². The van der Waals surface area contributed by atoms with Gasteiger partial charge in [0.05, 0.1) is 17.7 Å². The van der Waals surface area contributed by atoms with E-state index in [4.69, 9.17) is 16.3 Å². The van der Waals surface area contributed by atoms with E-state index in [1.807, 2.05) is 25.1 Å². The second-order valence-electron chi connectivity index (χ2n) is 3.38. The van der Waals surface area contributed by atoms with Crippen LogP contribution in [0.15, 0.2) is 30.6 Å². The number of benzene rings is 1. The van der Waals surface area contributed by atoms with E-state index in [-0.39, 0.29) is 0 Å². The highest BCUT2D eigenvalue weighted by atomic mass is 35.5. The fourth-order valence-corrected chi connectivity index (χ4v) is 1.65. The van der Waals surface area contributed by atoms with Crippen molar-refractivity contribution in [2.75, 3.05) is 7.11 Å². The van der Waals surface area contributed by atoms with Gasteiger partial charge in [-0.2, -0.15) is 0 Å². The molecule has 2 rings (SSSR count). The van der Waals surface area contributed by atoms with Crippen LogP contribution in [0.1, 0.15) is 5.56 Å². The van der Waals surface area contributed by atoms with E-state index in [9.17, 15) is 0 Å². The predicted molar refractivity (Wildman–Crippen MR) is 63.8 cm³/mol. The number of aromatic nitrogens is 2. The van der Waals surface area contributed by atoms with Crippen molar-refractivity contribution in [1.82, 2.24) is 9.97 Å². The Balaban J connectivity index is 2.55. The van der Waals surface area contributed by atoms with Crippen molar-refractivity contribution in [3.8, 4) is 17.1 Å². The molecule has 1 aromatic heterocycles. The third kappa shape index (κ3) is 1.99. The lowest BCUT2D eigenvalue weighted by atomic mass is 10.1. The minimum Gasteiger partial charge on any atom is -0.496 e. The third-order valence-corrected chi connectivity index (χ3v) is 2.47. The largest absolute Gasteiger partial charge is 0.496 e. The number of methoxy groups -OCH3 is 1. The first-order chi connectivity index (χ1) is 7.72. The molecule has 2 aromatic rings. The summed E-state index contributed by atoms with van der Waals surface area (Å²) < 4.78 is 5.35. The molecule has 3 nitrogen and oxygen atoms in total. The van der Waals surface area contributed by atoms with Crippen LogP contribution in [-0.4, -0.2) is 17.1 Å². The third-order valence-electron chi connectivity index (χ3n) is 2.28. The Hall–Kier alpha value is -1.61. The van der Waals surface area contributed by atoms with Crippen molar-refractivity contribution in [2.24, 2.45) is 0 Å². The van der Waals surface area contributed by atoms with Gasteiger partial charge < -0.3 is 4.74 Å². The topological polar surface area (TPSA) is 35.0 Å². The molecular formula is C12H11ClN2O. The molecule has 0 saturated heterocycles. The maximum absolute atomic E-state index is 5.75. The quantitative estimate of drug-likeness (QED) is 0.801. The lowest BCUT2D eigenvalue weighted by Gasteiger charge is -2.09.